The first-order valence-corrected chi connectivity index (χ1v) is 21.8. The minimum Gasteiger partial charge on any atom is -0.462 e. The van der Waals surface area contributed by atoms with E-state index in [1.807, 2.05) is 54.6 Å². The average molecular weight is 755 g/mol. The molecule has 1 amide bonds. The third-order valence-electron chi connectivity index (χ3n) is 9.25. The Bertz CT molecular complexity index is 1210. The molecule has 9 heteroatoms. The first-order valence-electron chi connectivity index (χ1n) is 20.7. The molecule has 2 aromatic carbocycles. The normalized spacial score (nSPS) is 12.2. The topological polar surface area (TPSA) is 117 Å². The van der Waals surface area contributed by atoms with Gasteiger partial charge in [-0.25, -0.2) is 0 Å². The summed E-state index contributed by atoms with van der Waals surface area (Å²) < 4.78 is 17.2. The number of ether oxygens (including phenoxy) is 3. The summed E-state index contributed by atoms with van der Waals surface area (Å²) in [6.07, 6.45) is 22.0. The molecule has 0 fully saturated rings. The second-order valence-corrected chi connectivity index (χ2v) is 15.3. The van der Waals surface area contributed by atoms with Gasteiger partial charge in [-0.2, -0.15) is 11.8 Å². The van der Waals surface area contributed by atoms with Crippen molar-refractivity contribution in [3.05, 3.63) is 60.2 Å². The minimum absolute atomic E-state index is 0.0172. The lowest BCUT2D eigenvalue weighted by Crippen LogP contribution is -2.43. The van der Waals surface area contributed by atoms with Crippen molar-refractivity contribution in [2.45, 2.75) is 161 Å². The highest BCUT2D eigenvalue weighted by Crippen LogP contribution is 2.21. The van der Waals surface area contributed by atoms with Crippen LogP contribution >= 0.6 is 11.8 Å². The number of hydrogen-bond acceptors (Lipinski definition) is 8. The van der Waals surface area contributed by atoms with Gasteiger partial charge >= 0.3 is 11.9 Å². The van der Waals surface area contributed by atoms with E-state index in [-0.39, 0.29) is 24.5 Å². The Balaban J connectivity index is 1.70. The van der Waals surface area contributed by atoms with Crippen LogP contribution in [0, 0.1) is 0 Å². The van der Waals surface area contributed by atoms with Crippen molar-refractivity contribution in [3.63, 3.8) is 0 Å². The molecule has 0 spiro atoms. The first-order chi connectivity index (χ1) is 25.9. The second kappa shape index (κ2) is 31.3. The van der Waals surface area contributed by atoms with E-state index in [1.165, 1.54) is 88.8 Å². The summed E-state index contributed by atoms with van der Waals surface area (Å²) in [6.45, 7) is 4.94. The van der Waals surface area contributed by atoms with Crippen LogP contribution in [0.3, 0.4) is 0 Å². The maximum Gasteiger partial charge on any atom is 0.306 e. The Morgan fingerprint density at radius 1 is 0.642 bits per heavy atom. The number of nitrogens with one attached hydrogen (secondary N) is 1. The largest absolute Gasteiger partial charge is 0.462 e. The van der Waals surface area contributed by atoms with Crippen molar-refractivity contribution in [2.24, 2.45) is 5.73 Å². The Labute approximate surface area is 325 Å². The number of para-hydroxylation sites is 1. The van der Waals surface area contributed by atoms with Gasteiger partial charge in [-0.15, -0.1) is 0 Å². The summed E-state index contributed by atoms with van der Waals surface area (Å²) in [7, 11) is 0. The zero-order valence-electron chi connectivity index (χ0n) is 33.0. The number of carbonyl (C=O) groups excluding carboxylic acids is 3. The Hall–Kier alpha value is -3.04. The van der Waals surface area contributed by atoms with Crippen LogP contribution in [0.4, 0.5) is 0 Å². The van der Waals surface area contributed by atoms with Gasteiger partial charge < -0.3 is 25.3 Å². The molecule has 2 rings (SSSR count). The molecule has 2 atom stereocenters. The van der Waals surface area contributed by atoms with Gasteiger partial charge in [-0.05, 0) is 49.1 Å². The standard InChI is InChI=1S/C44H70N2O6S/c1-3-5-7-9-11-13-15-17-22-26-42(47)50-34-40(52-43(48)27-23-18-16-14-12-10-8-6-4-2)35-53-36-41(45)44(49)46-33-32-37-28-30-39(31-29-37)51-38-24-20-19-21-25-38/h19-21,24-25,28-31,40-41H,3-18,22-23,26-27,32-36,45H2,1-2H3,(H,46,49)/t40-,41+/m1/s1. The van der Waals surface area contributed by atoms with Gasteiger partial charge in [-0.1, -0.05) is 147 Å². The monoisotopic (exact) mass is 754 g/mol. The van der Waals surface area contributed by atoms with E-state index in [0.717, 1.165) is 55.6 Å². The van der Waals surface area contributed by atoms with Crippen LogP contribution in [0.2, 0.25) is 0 Å². The van der Waals surface area contributed by atoms with Gasteiger partial charge in [0.25, 0.3) is 0 Å². The summed E-state index contributed by atoms with van der Waals surface area (Å²) in [4.78, 5) is 38.0. The van der Waals surface area contributed by atoms with Crippen LogP contribution in [0.1, 0.15) is 148 Å². The van der Waals surface area contributed by atoms with Crippen molar-refractivity contribution >= 4 is 29.6 Å². The fraction of sp³-hybridized carbons (Fsp3) is 0.659. The summed E-state index contributed by atoms with van der Waals surface area (Å²) in [5.41, 5.74) is 7.29. The summed E-state index contributed by atoms with van der Waals surface area (Å²) in [5, 5.41) is 2.93. The number of unbranched alkanes of at least 4 members (excludes halogenated alkanes) is 16. The number of carbonyl (C=O) groups is 3. The van der Waals surface area contributed by atoms with Crippen molar-refractivity contribution in [2.75, 3.05) is 24.7 Å². The number of amides is 1. The van der Waals surface area contributed by atoms with Crippen LogP contribution in [-0.4, -0.2) is 54.6 Å². The molecular weight excluding hydrogens is 685 g/mol. The SMILES string of the molecule is CCCCCCCCCCCC(=O)OC[C@H](CSC[C@H](N)C(=O)NCCc1ccc(Oc2ccccc2)cc1)OC(=O)CCCCCCCCCCC. The third kappa shape index (κ3) is 24.8. The van der Waals surface area contributed by atoms with Crippen LogP contribution in [-0.2, 0) is 30.3 Å². The van der Waals surface area contributed by atoms with Crippen molar-refractivity contribution in [1.29, 1.82) is 0 Å². The minimum atomic E-state index is -0.714. The third-order valence-corrected chi connectivity index (χ3v) is 10.5. The van der Waals surface area contributed by atoms with E-state index >= 15 is 0 Å². The first kappa shape index (κ1) is 46.1. The molecule has 0 unspecified atom stereocenters. The zero-order valence-corrected chi connectivity index (χ0v) is 33.8. The van der Waals surface area contributed by atoms with Gasteiger partial charge in [0.1, 0.15) is 24.2 Å². The van der Waals surface area contributed by atoms with Crippen LogP contribution < -0.4 is 15.8 Å². The molecule has 0 bridgehead atoms. The van der Waals surface area contributed by atoms with E-state index in [1.54, 1.807) is 0 Å². The highest BCUT2D eigenvalue weighted by Gasteiger charge is 2.20. The van der Waals surface area contributed by atoms with Crippen LogP contribution in [0.5, 0.6) is 11.5 Å². The summed E-state index contributed by atoms with van der Waals surface area (Å²) >= 11 is 1.43. The van der Waals surface area contributed by atoms with Gasteiger partial charge in [0.15, 0.2) is 0 Å². The molecule has 53 heavy (non-hydrogen) atoms. The van der Waals surface area contributed by atoms with E-state index in [0.29, 0.717) is 37.3 Å². The van der Waals surface area contributed by atoms with E-state index in [2.05, 4.69) is 19.2 Å². The van der Waals surface area contributed by atoms with Crippen molar-refractivity contribution < 1.29 is 28.6 Å². The number of esters is 2. The predicted molar refractivity (Wildman–Crippen MR) is 219 cm³/mol. The van der Waals surface area contributed by atoms with Gasteiger partial charge in [0, 0.05) is 30.9 Å². The molecule has 0 aliphatic heterocycles. The van der Waals surface area contributed by atoms with E-state index in [4.69, 9.17) is 19.9 Å². The molecule has 0 aliphatic rings. The Morgan fingerprint density at radius 2 is 1.15 bits per heavy atom. The summed E-state index contributed by atoms with van der Waals surface area (Å²) in [5.74, 6) is 1.53. The lowest BCUT2D eigenvalue weighted by molar-refractivity contribution is -0.157. The maximum atomic E-state index is 12.7. The molecule has 3 N–H and O–H groups in total. The molecule has 2 aromatic rings. The van der Waals surface area contributed by atoms with E-state index < -0.39 is 12.1 Å². The highest BCUT2D eigenvalue weighted by molar-refractivity contribution is 7.99. The molecule has 0 saturated heterocycles. The molecule has 0 radical (unpaired) electrons. The summed E-state index contributed by atoms with van der Waals surface area (Å²) in [6, 6.07) is 16.7. The smallest absolute Gasteiger partial charge is 0.306 e. The number of thioether (sulfide) groups is 1. The van der Waals surface area contributed by atoms with Gasteiger partial charge in [-0.3, -0.25) is 14.4 Å². The fourth-order valence-corrected chi connectivity index (χ4v) is 6.96. The van der Waals surface area contributed by atoms with Gasteiger partial charge in [0.2, 0.25) is 5.91 Å². The molecular formula is C44H70N2O6S. The molecule has 298 valence electrons. The van der Waals surface area contributed by atoms with Crippen molar-refractivity contribution in [1.82, 2.24) is 5.32 Å². The molecule has 0 heterocycles. The fourth-order valence-electron chi connectivity index (χ4n) is 5.99. The molecule has 0 aromatic heterocycles. The molecule has 0 saturated carbocycles. The van der Waals surface area contributed by atoms with E-state index in [9.17, 15) is 14.4 Å². The molecule has 0 aliphatic carbocycles. The van der Waals surface area contributed by atoms with Crippen LogP contribution in [0.25, 0.3) is 0 Å². The number of nitrogens with two attached hydrogens (primary N) is 1. The number of rotatable bonds is 33. The van der Waals surface area contributed by atoms with Crippen molar-refractivity contribution in [3.8, 4) is 11.5 Å². The number of hydrogen-bond donors (Lipinski definition) is 2. The average Bonchev–Trinajstić information content (AvgIpc) is 3.16. The Kier molecular flexibility index (Phi) is 27.3. The zero-order chi connectivity index (χ0) is 38.2. The highest BCUT2D eigenvalue weighted by atomic mass is 32.2. The van der Waals surface area contributed by atoms with Crippen LogP contribution in [0.15, 0.2) is 54.6 Å². The lowest BCUT2D eigenvalue weighted by atomic mass is 10.1. The number of benzene rings is 2. The second-order valence-electron chi connectivity index (χ2n) is 14.2. The Morgan fingerprint density at radius 3 is 1.72 bits per heavy atom. The quantitative estimate of drug-likeness (QED) is 0.0546. The molecule has 8 nitrogen and oxygen atoms in total. The lowest BCUT2D eigenvalue weighted by Gasteiger charge is -2.19. The van der Waals surface area contributed by atoms with Gasteiger partial charge in [0.05, 0.1) is 6.04 Å². The predicted octanol–water partition coefficient (Wildman–Crippen LogP) is 10.5. The maximum absolute atomic E-state index is 12.7.